The van der Waals surface area contributed by atoms with Gasteiger partial charge in [0.2, 0.25) is 5.91 Å². The molecular weight excluding hydrogens is 228 g/mol. The van der Waals surface area contributed by atoms with E-state index in [0.29, 0.717) is 13.0 Å². The van der Waals surface area contributed by atoms with Gasteiger partial charge in [0.25, 0.3) is 0 Å². The van der Waals surface area contributed by atoms with Gasteiger partial charge in [-0.15, -0.1) is 0 Å². The summed E-state index contributed by atoms with van der Waals surface area (Å²) in [5.74, 6) is 0.686. The normalized spacial score (nSPS) is 11.9. The van der Waals surface area contributed by atoms with E-state index in [2.05, 4.69) is 12.2 Å². The van der Waals surface area contributed by atoms with E-state index in [0.717, 1.165) is 24.3 Å². The molecule has 1 aromatic carbocycles. The fraction of sp³-hybridized carbons (Fsp3) is 0.500. The molecule has 100 valence electrons. The van der Waals surface area contributed by atoms with Gasteiger partial charge in [0.15, 0.2) is 0 Å². The topological polar surface area (TPSA) is 64.3 Å². The third-order valence-electron chi connectivity index (χ3n) is 2.78. The number of rotatable bonds is 7. The molecule has 0 fully saturated rings. The van der Waals surface area contributed by atoms with Gasteiger partial charge in [-0.1, -0.05) is 19.1 Å². The van der Waals surface area contributed by atoms with Gasteiger partial charge in [-0.2, -0.15) is 0 Å². The molecule has 0 saturated heterocycles. The molecular formula is C14H22N2O2. The minimum absolute atomic E-state index is 0.0104. The zero-order chi connectivity index (χ0) is 13.4. The third-order valence-corrected chi connectivity index (χ3v) is 2.78. The Hall–Kier alpha value is -1.55. The van der Waals surface area contributed by atoms with E-state index in [-0.39, 0.29) is 11.8 Å². The summed E-state index contributed by atoms with van der Waals surface area (Å²) in [6, 6.07) is 7.83. The number of ether oxygens (including phenoxy) is 1. The second-order valence-corrected chi connectivity index (χ2v) is 4.24. The minimum Gasteiger partial charge on any atom is -0.494 e. The molecule has 4 heteroatoms. The lowest BCUT2D eigenvalue weighted by Gasteiger charge is -2.13. The van der Waals surface area contributed by atoms with Crippen molar-refractivity contribution in [2.24, 2.45) is 11.7 Å². The van der Waals surface area contributed by atoms with Crippen LogP contribution in [0.1, 0.15) is 18.9 Å². The van der Waals surface area contributed by atoms with E-state index in [4.69, 9.17) is 10.5 Å². The van der Waals surface area contributed by atoms with E-state index < -0.39 is 0 Å². The molecule has 1 aromatic rings. The van der Waals surface area contributed by atoms with Crippen LogP contribution in [0, 0.1) is 5.92 Å². The number of nitrogens with two attached hydrogens (primary N) is 1. The summed E-state index contributed by atoms with van der Waals surface area (Å²) in [6.45, 7) is 3.15. The molecule has 1 rings (SSSR count). The molecule has 0 radical (unpaired) electrons. The lowest BCUT2D eigenvalue weighted by molar-refractivity contribution is -0.124. The number of hydrogen-bond acceptors (Lipinski definition) is 3. The van der Waals surface area contributed by atoms with E-state index >= 15 is 0 Å². The highest BCUT2D eigenvalue weighted by Crippen LogP contribution is 2.15. The van der Waals surface area contributed by atoms with E-state index in [1.54, 1.807) is 7.05 Å². The highest BCUT2D eigenvalue weighted by molar-refractivity contribution is 5.78. The summed E-state index contributed by atoms with van der Waals surface area (Å²) in [5, 5.41) is 2.63. The number of amides is 1. The minimum atomic E-state index is -0.169. The number of benzene rings is 1. The molecule has 0 bridgehead atoms. The van der Waals surface area contributed by atoms with Crippen LogP contribution in [0.5, 0.6) is 5.75 Å². The van der Waals surface area contributed by atoms with Gasteiger partial charge in [0.1, 0.15) is 5.75 Å². The summed E-state index contributed by atoms with van der Waals surface area (Å²) < 4.78 is 5.51. The van der Waals surface area contributed by atoms with Crippen LogP contribution < -0.4 is 15.8 Å². The molecule has 0 spiro atoms. The number of nitrogens with one attached hydrogen (secondary N) is 1. The zero-order valence-electron chi connectivity index (χ0n) is 11.1. The molecule has 18 heavy (non-hydrogen) atoms. The molecule has 1 atom stereocenters. The lowest BCUT2D eigenvalue weighted by Crippen LogP contribution is -2.34. The summed E-state index contributed by atoms with van der Waals surface area (Å²) >= 11 is 0. The Labute approximate surface area is 109 Å². The lowest BCUT2D eigenvalue weighted by atomic mass is 9.98. The van der Waals surface area contributed by atoms with Gasteiger partial charge in [0, 0.05) is 13.6 Å². The van der Waals surface area contributed by atoms with Gasteiger partial charge in [0.05, 0.1) is 12.5 Å². The summed E-state index contributed by atoms with van der Waals surface area (Å²) in [5.41, 5.74) is 6.70. The second kappa shape index (κ2) is 7.71. The van der Waals surface area contributed by atoms with Crippen LogP contribution in [0.2, 0.25) is 0 Å². The monoisotopic (exact) mass is 250 g/mol. The molecule has 0 aliphatic carbocycles. The Balaban J connectivity index is 2.59. The van der Waals surface area contributed by atoms with Crippen LogP contribution in [-0.4, -0.2) is 26.1 Å². The smallest absolute Gasteiger partial charge is 0.224 e. The Kier molecular flexibility index (Phi) is 6.22. The Bertz CT molecular complexity index is 363. The van der Waals surface area contributed by atoms with Crippen LogP contribution >= 0.6 is 0 Å². The van der Waals surface area contributed by atoms with Crippen molar-refractivity contribution in [1.82, 2.24) is 5.32 Å². The van der Waals surface area contributed by atoms with E-state index in [9.17, 15) is 4.79 Å². The highest BCUT2D eigenvalue weighted by atomic mass is 16.5. The number of carbonyl (C=O) groups is 1. The molecule has 1 unspecified atom stereocenters. The average Bonchev–Trinajstić information content (AvgIpc) is 2.43. The van der Waals surface area contributed by atoms with Crippen LogP contribution in [0.25, 0.3) is 0 Å². The standard InChI is InChI=1S/C14H22N2O2/c1-3-8-18-13-6-4-11(5-7-13)9-12(10-15)14(17)16-2/h4-7,12H,3,8-10,15H2,1-2H3,(H,16,17). The first kappa shape index (κ1) is 14.5. The van der Waals surface area contributed by atoms with Gasteiger partial charge < -0.3 is 15.8 Å². The quantitative estimate of drug-likeness (QED) is 0.767. The Morgan fingerprint density at radius 3 is 2.56 bits per heavy atom. The SMILES string of the molecule is CCCOc1ccc(CC(CN)C(=O)NC)cc1. The van der Waals surface area contributed by atoms with Crippen molar-refractivity contribution in [3.05, 3.63) is 29.8 Å². The maximum atomic E-state index is 11.5. The largest absolute Gasteiger partial charge is 0.494 e. The molecule has 0 saturated carbocycles. The molecule has 0 aliphatic rings. The summed E-state index contributed by atoms with van der Waals surface area (Å²) in [4.78, 5) is 11.5. The first-order valence-corrected chi connectivity index (χ1v) is 6.34. The van der Waals surface area contributed by atoms with Crippen molar-refractivity contribution >= 4 is 5.91 Å². The van der Waals surface area contributed by atoms with Crippen molar-refractivity contribution in [2.45, 2.75) is 19.8 Å². The Morgan fingerprint density at radius 1 is 1.39 bits per heavy atom. The zero-order valence-corrected chi connectivity index (χ0v) is 11.1. The predicted octanol–water partition coefficient (Wildman–Crippen LogP) is 1.34. The van der Waals surface area contributed by atoms with Gasteiger partial charge >= 0.3 is 0 Å². The van der Waals surface area contributed by atoms with Crippen molar-refractivity contribution in [1.29, 1.82) is 0 Å². The second-order valence-electron chi connectivity index (χ2n) is 4.24. The molecule has 4 nitrogen and oxygen atoms in total. The maximum Gasteiger partial charge on any atom is 0.224 e. The fourth-order valence-electron chi connectivity index (χ4n) is 1.71. The van der Waals surface area contributed by atoms with Crippen LogP contribution in [0.3, 0.4) is 0 Å². The molecule has 0 heterocycles. The van der Waals surface area contributed by atoms with Crippen LogP contribution in [0.15, 0.2) is 24.3 Å². The van der Waals surface area contributed by atoms with E-state index in [1.807, 2.05) is 24.3 Å². The van der Waals surface area contributed by atoms with Crippen molar-refractivity contribution in [3.8, 4) is 5.75 Å². The van der Waals surface area contributed by atoms with Crippen molar-refractivity contribution in [2.75, 3.05) is 20.2 Å². The van der Waals surface area contributed by atoms with Crippen molar-refractivity contribution < 1.29 is 9.53 Å². The van der Waals surface area contributed by atoms with Crippen molar-refractivity contribution in [3.63, 3.8) is 0 Å². The first-order valence-electron chi connectivity index (χ1n) is 6.34. The predicted molar refractivity (Wildman–Crippen MR) is 72.5 cm³/mol. The fourth-order valence-corrected chi connectivity index (χ4v) is 1.71. The molecule has 0 aromatic heterocycles. The number of hydrogen-bond donors (Lipinski definition) is 2. The summed E-state index contributed by atoms with van der Waals surface area (Å²) in [6.07, 6.45) is 1.65. The van der Waals surface area contributed by atoms with Crippen LogP contribution in [0.4, 0.5) is 0 Å². The Morgan fingerprint density at radius 2 is 2.06 bits per heavy atom. The average molecular weight is 250 g/mol. The first-order chi connectivity index (χ1) is 8.71. The third kappa shape index (κ3) is 4.37. The van der Waals surface area contributed by atoms with Gasteiger partial charge in [-0.25, -0.2) is 0 Å². The maximum absolute atomic E-state index is 11.5. The highest BCUT2D eigenvalue weighted by Gasteiger charge is 2.15. The summed E-state index contributed by atoms with van der Waals surface area (Å²) in [7, 11) is 1.63. The van der Waals surface area contributed by atoms with E-state index in [1.165, 1.54) is 0 Å². The molecule has 0 aliphatic heterocycles. The van der Waals surface area contributed by atoms with Gasteiger partial charge in [-0.3, -0.25) is 4.79 Å². The van der Waals surface area contributed by atoms with Gasteiger partial charge in [-0.05, 0) is 30.5 Å². The molecule has 1 amide bonds. The van der Waals surface area contributed by atoms with Crippen LogP contribution in [-0.2, 0) is 11.2 Å². The number of carbonyl (C=O) groups excluding carboxylic acids is 1. The molecule has 3 N–H and O–H groups in total.